The molecule has 3 rings (SSSR count). The van der Waals surface area contributed by atoms with Gasteiger partial charge in [-0.05, 0) is 60.6 Å². The molecule has 0 atom stereocenters. The molecule has 1 heterocycles. The molecule has 2 aromatic rings. The van der Waals surface area contributed by atoms with Crippen molar-refractivity contribution in [2.24, 2.45) is 5.92 Å². The van der Waals surface area contributed by atoms with Gasteiger partial charge in [-0.15, -0.1) is 0 Å². The van der Waals surface area contributed by atoms with Crippen molar-refractivity contribution >= 4 is 17.5 Å². The van der Waals surface area contributed by atoms with Gasteiger partial charge in [0.25, 0.3) is 11.8 Å². The molecule has 1 fully saturated rings. The zero-order chi connectivity index (χ0) is 20.8. The molecule has 29 heavy (non-hydrogen) atoms. The normalized spacial score (nSPS) is 14.7. The molecule has 0 aromatic heterocycles. The molecule has 5 heteroatoms. The summed E-state index contributed by atoms with van der Waals surface area (Å²) < 4.78 is 5.71. The third-order valence-electron chi connectivity index (χ3n) is 5.39. The van der Waals surface area contributed by atoms with Gasteiger partial charge in [-0.1, -0.05) is 39.0 Å². The summed E-state index contributed by atoms with van der Waals surface area (Å²) in [4.78, 5) is 26.8. The highest BCUT2D eigenvalue weighted by Crippen LogP contribution is 2.25. The summed E-state index contributed by atoms with van der Waals surface area (Å²) in [5.41, 5.74) is 2.38. The minimum absolute atomic E-state index is 0.0587. The van der Waals surface area contributed by atoms with Crippen LogP contribution in [0.4, 0.5) is 5.69 Å². The maximum atomic E-state index is 12.6. The van der Waals surface area contributed by atoms with E-state index >= 15 is 0 Å². The van der Waals surface area contributed by atoms with Gasteiger partial charge in [0.15, 0.2) is 6.61 Å². The van der Waals surface area contributed by atoms with Crippen molar-refractivity contribution in [3.05, 3.63) is 59.7 Å². The molecule has 154 valence electrons. The highest BCUT2D eigenvalue weighted by atomic mass is 16.5. The van der Waals surface area contributed by atoms with Gasteiger partial charge in [-0.25, -0.2) is 0 Å². The first kappa shape index (κ1) is 20.9. The van der Waals surface area contributed by atoms with Crippen LogP contribution < -0.4 is 10.1 Å². The smallest absolute Gasteiger partial charge is 0.262 e. The highest BCUT2D eigenvalue weighted by Gasteiger charge is 2.21. The second-order valence-corrected chi connectivity index (χ2v) is 8.08. The standard InChI is InChI=1S/C24H30N2O3/c1-17(2)21-6-4-5-7-22(21)29-16-23(27)25-20-10-8-19(9-11-20)24(28)26-14-12-18(3)13-15-26/h4-11,17-18H,12-16H2,1-3H3,(H,25,27). The van der Waals surface area contributed by atoms with Crippen LogP contribution in [0.25, 0.3) is 0 Å². The molecule has 1 saturated heterocycles. The average Bonchev–Trinajstić information content (AvgIpc) is 2.73. The Balaban J connectivity index is 1.53. The van der Waals surface area contributed by atoms with Crippen LogP contribution in [0.3, 0.4) is 0 Å². The van der Waals surface area contributed by atoms with Crippen molar-refractivity contribution in [1.82, 2.24) is 4.90 Å². The lowest BCUT2D eigenvalue weighted by Crippen LogP contribution is -2.37. The number of para-hydroxylation sites is 1. The molecule has 1 aliphatic rings. The zero-order valence-electron chi connectivity index (χ0n) is 17.5. The van der Waals surface area contributed by atoms with Gasteiger partial charge in [-0.3, -0.25) is 9.59 Å². The van der Waals surface area contributed by atoms with Crippen LogP contribution in [0.2, 0.25) is 0 Å². The first-order valence-corrected chi connectivity index (χ1v) is 10.3. The van der Waals surface area contributed by atoms with Gasteiger partial charge in [0, 0.05) is 24.3 Å². The van der Waals surface area contributed by atoms with Gasteiger partial charge in [-0.2, -0.15) is 0 Å². The van der Waals surface area contributed by atoms with Crippen LogP contribution in [0.5, 0.6) is 5.75 Å². The van der Waals surface area contributed by atoms with Crippen LogP contribution >= 0.6 is 0 Å². The van der Waals surface area contributed by atoms with Crippen LogP contribution in [0.1, 0.15) is 55.5 Å². The van der Waals surface area contributed by atoms with Gasteiger partial charge in [0.2, 0.25) is 0 Å². The summed E-state index contributed by atoms with van der Waals surface area (Å²) >= 11 is 0. The highest BCUT2D eigenvalue weighted by molar-refractivity contribution is 5.96. The quantitative estimate of drug-likeness (QED) is 0.773. The number of nitrogens with zero attached hydrogens (tertiary/aromatic N) is 1. The topological polar surface area (TPSA) is 58.6 Å². The monoisotopic (exact) mass is 394 g/mol. The summed E-state index contributed by atoms with van der Waals surface area (Å²) in [7, 11) is 0. The lowest BCUT2D eigenvalue weighted by molar-refractivity contribution is -0.118. The van der Waals surface area contributed by atoms with Crippen molar-refractivity contribution < 1.29 is 14.3 Å². The SMILES string of the molecule is CC1CCN(C(=O)c2ccc(NC(=O)COc3ccccc3C(C)C)cc2)CC1. The van der Waals surface area contributed by atoms with E-state index < -0.39 is 0 Å². The van der Waals surface area contributed by atoms with Crippen LogP contribution in [0, 0.1) is 5.92 Å². The Hall–Kier alpha value is -2.82. The first-order chi connectivity index (χ1) is 13.9. The molecule has 0 spiro atoms. The number of ether oxygens (including phenoxy) is 1. The van der Waals surface area contributed by atoms with Gasteiger partial charge < -0.3 is 15.0 Å². The maximum absolute atomic E-state index is 12.6. The first-order valence-electron chi connectivity index (χ1n) is 10.3. The molecule has 0 bridgehead atoms. The Kier molecular flexibility index (Phi) is 6.91. The predicted molar refractivity (Wildman–Crippen MR) is 115 cm³/mol. The maximum Gasteiger partial charge on any atom is 0.262 e. The largest absolute Gasteiger partial charge is 0.483 e. The Morgan fingerprint density at radius 3 is 2.38 bits per heavy atom. The summed E-state index contributed by atoms with van der Waals surface area (Å²) in [6, 6.07) is 14.8. The second kappa shape index (κ2) is 9.59. The fourth-order valence-corrected chi connectivity index (χ4v) is 3.52. The Morgan fingerprint density at radius 2 is 1.72 bits per heavy atom. The molecule has 0 saturated carbocycles. The molecule has 0 aliphatic carbocycles. The number of piperidine rings is 1. The molecular formula is C24H30N2O3. The second-order valence-electron chi connectivity index (χ2n) is 8.08. The Labute approximate surface area is 173 Å². The van der Waals surface area contributed by atoms with Gasteiger partial charge >= 0.3 is 0 Å². The predicted octanol–water partition coefficient (Wildman–Crippen LogP) is 4.70. The van der Waals surface area contributed by atoms with Crippen molar-refractivity contribution in [3.63, 3.8) is 0 Å². The Bertz CT molecular complexity index is 837. The van der Waals surface area contributed by atoms with Gasteiger partial charge in [0.05, 0.1) is 0 Å². The third-order valence-corrected chi connectivity index (χ3v) is 5.39. The van der Waals surface area contributed by atoms with E-state index in [1.54, 1.807) is 24.3 Å². The Morgan fingerprint density at radius 1 is 1.07 bits per heavy atom. The molecule has 2 amide bonds. The lowest BCUT2D eigenvalue weighted by atomic mass is 9.98. The number of hydrogen-bond acceptors (Lipinski definition) is 3. The fourth-order valence-electron chi connectivity index (χ4n) is 3.52. The summed E-state index contributed by atoms with van der Waals surface area (Å²) in [6.45, 7) is 7.98. The van der Waals surface area contributed by atoms with Crippen molar-refractivity contribution in [2.45, 2.75) is 39.5 Å². The number of anilines is 1. The molecule has 0 radical (unpaired) electrons. The molecule has 2 aromatic carbocycles. The molecule has 5 nitrogen and oxygen atoms in total. The number of likely N-dealkylation sites (tertiary alicyclic amines) is 1. The van der Waals surface area contributed by atoms with Crippen molar-refractivity contribution in [2.75, 3.05) is 25.0 Å². The molecule has 0 unspecified atom stereocenters. The van der Waals surface area contributed by atoms with Gasteiger partial charge in [0.1, 0.15) is 5.75 Å². The molecular weight excluding hydrogens is 364 g/mol. The third kappa shape index (κ3) is 5.59. The van der Waals surface area contributed by atoms with E-state index in [9.17, 15) is 9.59 Å². The number of carbonyl (C=O) groups excluding carboxylic acids is 2. The van der Waals surface area contributed by atoms with E-state index in [1.807, 2.05) is 29.2 Å². The summed E-state index contributed by atoms with van der Waals surface area (Å²) in [5.74, 6) is 1.57. The minimum Gasteiger partial charge on any atom is -0.483 e. The van der Waals surface area contributed by atoms with Crippen LogP contribution in [-0.4, -0.2) is 36.4 Å². The number of hydrogen-bond donors (Lipinski definition) is 1. The summed E-state index contributed by atoms with van der Waals surface area (Å²) in [6.07, 6.45) is 2.11. The number of rotatable bonds is 6. The molecule has 1 aliphatic heterocycles. The average molecular weight is 395 g/mol. The van der Waals surface area contributed by atoms with Crippen LogP contribution in [0.15, 0.2) is 48.5 Å². The lowest BCUT2D eigenvalue weighted by Gasteiger charge is -2.30. The number of amides is 2. The number of benzene rings is 2. The fraction of sp³-hybridized carbons (Fsp3) is 0.417. The van der Waals surface area contributed by atoms with E-state index in [-0.39, 0.29) is 18.4 Å². The van der Waals surface area contributed by atoms with E-state index in [0.29, 0.717) is 23.1 Å². The zero-order valence-corrected chi connectivity index (χ0v) is 17.5. The van der Waals surface area contributed by atoms with Crippen LogP contribution in [-0.2, 0) is 4.79 Å². The van der Waals surface area contributed by atoms with Crippen molar-refractivity contribution in [3.8, 4) is 5.75 Å². The number of nitrogens with one attached hydrogen (secondary N) is 1. The molecule has 1 N–H and O–H groups in total. The minimum atomic E-state index is -0.229. The van der Waals surface area contributed by atoms with Crippen molar-refractivity contribution in [1.29, 1.82) is 0 Å². The van der Waals surface area contributed by atoms with E-state index in [0.717, 1.165) is 37.2 Å². The summed E-state index contributed by atoms with van der Waals surface area (Å²) in [5, 5.41) is 2.82. The van der Waals surface area contributed by atoms with E-state index in [2.05, 4.69) is 26.1 Å². The van der Waals surface area contributed by atoms with E-state index in [1.165, 1.54) is 0 Å². The van der Waals surface area contributed by atoms with E-state index in [4.69, 9.17) is 4.74 Å². The number of carbonyl (C=O) groups is 2.